The zero-order valence-electron chi connectivity index (χ0n) is 32.3. The van der Waals surface area contributed by atoms with Crippen LogP contribution < -0.4 is 9.97 Å². The number of aromatic nitrogens is 4. The third-order valence-corrected chi connectivity index (χ3v) is 15.2. The van der Waals surface area contributed by atoms with Crippen molar-refractivity contribution in [2.24, 2.45) is 0 Å². The molecular weight excluding hydrogens is 874 g/mol. The number of hydrogen-bond acceptors (Lipinski definition) is 6. The van der Waals surface area contributed by atoms with E-state index in [9.17, 15) is 0 Å². The molecule has 0 fully saturated rings. The Balaban J connectivity index is 0.00000399. The van der Waals surface area contributed by atoms with E-state index < -0.39 is 0 Å². The predicted octanol–water partition coefficient (Wildman–Crippen LogP) is 15.5. The van der Waals surface area contributed by atoms with E-state index in [4.69, 9.17) is 19.9 Å². The van der Waals surface area contributed by atoms with Crippen LogP contribution in [0.25, 0.3) is 130 Å². The third kappa shape index (κ3) is 5.55. The Morgan fingerprint density at radius 1 is 0.295 bits per heavy atom. The zero-order chi connectivity index (χ0) is 39.3. The van der Waals surface area contributed by atoms with Gasteiger partial charge in [-0.25, -0.2) is 9.97 Å². The van der Waals surface area contributed by atoms with E-state index in [0.29, 0.717) is 0 Å². The molecule has 282 valence electrons. The van der Waals surface area contributed by atoms with Crippen molar-refractivity contribution in [3.63, 3.8) is 0 Å². The number of nitrogens with zero attached hydrogens (tertiary/aromatic N) is 4. The third-order valence-electron chi connectivity index (χ3n) is 11.6. The van der Waals surface area contributed by atoms with Crippen LogP contribution in [0.2, 0.25) is 0 Å². The van der Waals surface area contributed by atoms with E-state index >= 15 is 0 Å². The van der Waals surface area contributed by atoms with E-state index in [-0.39, 0.29) is 19.5 Å². The van der Waals surface area contributed by atoms with Gasteiger partial charge in [-0.15, -0.1) is 67.4 Å². The first kappa shape index (κ1) is 36.8. The molecule has 1 aliphatic carbocycles. The van der Waals surface area contributed by atoms with Crippen LogP contribution in [0.5, 0.6) is 0 Å². The Hall–Kier alpha value is -6.06. The summed E-state index contributed by atoms with van der Waals surface area (Å²) in [4.78, 5) is 27.7. The maximum Gasteiger partial charge on any atom is 2.00 e. The van der Waals surface area contributed by atoms with Gasteiger partial charge in [0.25, 0.3) is 0 Å². The molecule has 8 bridgehead atoms. The summed E-state index contributed by atoms with van der Waals surface area (Å²) in [7, 11) is 0. The molecule has 4 nitrogen and oxygen atoms in total. The van der Waals surface area contributed by atoms with Crippen molar-refractivity contribution in [2.75, 3.05) is 0 Å². The first-order chi connectivity index (χ1) is 29.8. The van der Waals surface area contributed by atoms with Crippen molar-refractivity contribution < 1.29 is 19.5 Å². The number of rotatable bonds is 4. The van der Waals surface area contributed by atoms with Gasteiger partial charge in [-0.3, -0.25) is 0 Å². The standard InChI is InChI=1S/C52H28N4S4.Zn/c1-2-14-30-29(13-1)45-41(37-21-9-25-57-37)47-31-15-3-4-16-32(31)49(54-47)43(39-23-11-27-59-39)51-35-19-7-8-20-36(35)52(56-51)44(40-24-12-28-60-40)50-34-18-6-5-17-33(34)48(55-50)42(46(30)53-45)38-22-10-26-58-38;/h1-28H;/q-2;+2. The molecule has 4 aromatic carbocycles. The Bertz CT molecular complexity index is 3180. The van der Waals surface area contributed by atoms with Crippen molar-refractivity contribution in [3.8, 4) is 86.8 Å². The topological polar surface area (TPSA) is 54.0 Å². The summed E-state index contributed by atoms with van der Waals surface area (Å²) in [6, 6.07) is 52.1. The van der Waals surface area contributed by atoms with E-state index in [1.165, 1.54) is 0 Å². The van der Waals surface area contributed by atoms with Gasteiger partial charge >= 0.3 is 19.5 Å². The fourth-order valence-corrected chi connectivity index (χ4v) is 12.2. The smallest absolute Gasteiger partial charge is 0.656 e. The van der Waals surface area contributed by atoms with E-state index in [0.717, 1.165) is 130 Å². The van der Waals surface area contributed by atoms with Crippen molar-refractivity contribution in [2.45, 2.75) is 0 Å². The largest absolute Gasteiger partial charge is 2.00 e. The first-order valence-corrected chi connectivity index (χ1v) is 23.2. The van der Waals surface area contributed by atoms with Crippen LogP contribution in [0.15, 0.2) is 167 Å². The molecule has 10 aromatic rings. The maximum absolute atomic E-state index is 5.81. The number of hydrogen-bond donors (Lipinski definition) is 0. The molecule has 0 amide bonds. The van der Waals surface area contributed by atoms with Crippen LogP contribution in [0.3, 0.4) is 0 Å². The molecule has 13 rings (SSSR count). The van der Waals surface area contributed by atoms with Crippen LogP contribution >= 0.6 is 45.3 Å². The summed E-state index contributed by atoms with van der Waals surface area (Å²) in [5.74, 6) is 0. The summed E-state index contributed by atoms with van der Waals surface area (Å²) >= 11 is 6.89. The van der Waals surface area contributed by atoms with Gasteiger partial charge in [0, 0.05) is 64.0 Å². The van der Waals surface area contributed by atoms with Gasteiger partial charge in [-0.05, 0) is 67.3 Å². The van der Waals surface area contributed by atoms with Gasteiger partial charge in [0.1, 0.15) is 0 Å². The molecular formula is C52H28N4S4Zn. The van der Waals surface area contributed by atoms with E-state index in [1.54, 1.807) is 45.3 Å². The van der Waals surface area contributed by atoms with Crippen LogP contribution in [0.4, 0.5) is 0 Å². The second-order valence-corrected chi connectivity index (χ2v) is 18.6. The van der Waals surface area contributed by atoms with Gasteiger partial charge < -0.3 is 9.97 Å². The quantitative estimate of drug-likeness (QED) is 0.165. The van der Waals surface area contributed by atoms with Gasteiger partial charge in [0.2, 0.25) is 0 Å². The summed E-state index contributed by atoms with van der Waals surface area (Å²) in [5, 5.41) is 12.9. The van der Waals surface area contributed by atoms with Gasteiger partial charge in [-0.2, -0.15) is 0 Å². The summed E-state index contributed by atoms with van der Waals surface area (Å²) in [5.41, 5.74) is 15.7. The average molecular weight is 902 g/mol. The van der Waals surface area contributed by atoms with Crippen LogP contribution in [-0.2, 0) is 19.5 Å². The molecule has 8 heterocycles. The Morgan fingerprint density at radius 2 is 0.541 bits per heavy atom. The molecule has 0 N–H and O–H groups in total. The minimum atomic E-state index is 0. The molecule has 0 radical (unpaired) electrons. The van der Waals surface area contributed by atoms with Crippen molar-refractivity contribution in [1.29, 1.82) is 0 Å². The number of thiophene rings is 4. The Labute approximate surface area is 379 Å². The summed E-state index contributed by atoms with van der Waals surface area (Å²) in [6.07, 6.45) is 0. The van der Waals surface area contributed by atoms with Crippen LogP contribution in [-0.4, -0.2) is 9.97 Å². The molecule has 6 aromatic heterocycles. The molecule has 0 unspecified atom stereocenters. The molecule has 61 heavy (non-hydrogen) atoms. The summed E-state index contributed by atoms with van der Waals surface area (Å²) < 4.78 is 0. The SMILES string of the molecule is [Zn+2].c1csc(-c2c3nc(c(-c4cccs4)c4[n-]c(c(-c5cccs5)c5nc(c(-c6cccs6)c6[n-]c2c2ccccc62)-c2ccccc2-5)c2ccccc42)-c2ccccc2-3)c1. The van der Waals surface area contributed by atoms with Gasteiger partial charge in [0.15, 0.2) is 0 Å². The Morgan fingerprint density at radius 3 is 0.770 bits per heavy atom. The second kappa shape index (κ2) is 14.5. The molecule has 0 saturated heterocycles. The maximum atomic E-state index is 5.81. The molecule has 0 spiro atoms. The second-order valence-electron chi connectivity index (χ2n) is 14.8. The van der Waals surface area contributed by atoms with E-state index in [1.807, 2.05) is 0 Å². The molecule has 9 heteroatoms. The molecule has 0 atom stereocenters. The van der Waals surface area contributed by atoms with Crippen molar-refractivity contribution in [3.05, 3.63) is 167 Å². The molecule has 3 aliphatic rings. The van der Waals surface area contributed by atoms with Gasteiger partial charge in [0.05, 0.1) is 22.8 Å². The van der Waals surface area contributed by atoms with Crippen molar-refractivity contribution >= 4 is 89.0 Å². The fraction of sp³-hybridized carbons (Fsp3) is 0. The predicted molar refractivity (Wildman–Crippen MR) is 256 cm³/mol. The van der Waals surface area contributed by atoms with Crippen molar-refractivity contribution in [1.82, 2.24) is 19.9 Å². The van der Waals surface area contributed by atoms with Crippen LogP contribution in [0.1, 0.15) is 0 Å². The average Bonchev–Trinajstić information content (AvgIpc) is 4.15. The minimum Gasteiger partial charge on any atom is -0.656 e. The molecule has 0 saturated carbocycles. The van der Waals surface area contributed by atoms with Gasteiger partial charge in [-0.1, -0.05) is 121 Å². The normalized spacial score (nSPS) is 11.8. The summed E-state index contributed by atoms with van der Waals surface area (Å²) in [6.45, 7) is 0. The Kier molecular flexibility index (Phi) is 8.77. The fourth-order valence-electron chi connectivity index (χ4n) is 9.10. The first-order valence-electron chi connectivity index (χ1n) is 19.7. The van der Waals surface area contributed by atoms with Crippen LogP contribution in [0, 0.1) is 0 Å². The minimum absolute atomic E-state index is 0. The molecule has 2 aliphatic heterocycles. The monoisotopic (exact) mass is 900 g/mol. The van der Waals surface area contributed by atoms with E-state index in [2.05, 4.69) is 167 Å². The zero-order valence-corrected chi connectivity index (χ0v) is 38.5. The number of benzene rings is 4.